The van der Waals surface area contributed by atoms with Gasteiger partial charge in [-0.1, -0.05) is 11.6 Å². The Morgan fingerprint density at radius 2 is 2.33 bits per heavy atom. The van der Waals surface area contributed by atoms with Gasteiger partial charge in [0.25, 0.3) is 0 Å². The zero-order chi connectivity index (χ0) is 13.1. The summed E-state index contributed by atoms with van der Waals surface area (Å²) in [6, 6.07) is 1.50. The molecule has 0 unspecified atom stereocenters. The van der Waals surface area contributed by atoms with Crippen LogP contribution in [0.4, 0.5) is 5.69 Å². The first-order chi connectivity index (χ1) is 8.61. The Hall–Kier alpha value is -2.08. The molecule has 2 aromatic heterocycles. The average molecular weight is 267 g/mol. The van der Waals surface area contributed by atoms with Crippen LogP contribution in [0.1, 0.15) is 17.3 Å². The highest BCUT2D eigenvalue weighted by molar-refractivity contribution is 6.30. The lowest BCUT2D eigenvalue weighted by Crippen LogP contribution is -2.12. The van der Waals surface area contributed by atoms with Gasteiger partial charge < -0.3 is 10.5 Å². The Morgan fingerprint density at radius 3 is 2.94 bits per heavy atom. The Kier molecular flexibility index (Phi) is 3.47. The van der Waals surface area contributed by atoms with E-state index in [0.717, 1.165) is 0 Å². The van der Waals surface area contributed by atoms with Gasteiger partial charge in [0, 0.05) is 0 Å². The molecule has 2 aromatic rings. The van der Waals surface area contributed by atoms with Crippen molar-refractivity contribution in [3.05, 3.63) is 35.2 Å². The van der Waals surface area contributed by atoms with Gasteiger partial charge in [0.2, 0.25) is 0 Å². The smallest absolute Gasteiger partial charge is 0.342 e. The Labute approximate surface area is 108 Å². The van der Waals surface area contributed by atoms with E-state index in [9.17, 15) is 4.79 Å². The largest absolute Gasteiger partial charge is 0.462 e. The maximum Gasteiger partial charge on any atom is 0.342 e. The van der Waals surface area contributed by atoms with Crippen molar-refractivity contribution in [1.29, 1.82) is 0 Å². The normalized spacial score (nSPS) is 10.3. The molecule has 2 N–H and O–H groups in total. The zero-order valence-corrected chi connectivity index (χ0v) is 10.4. The SMILES string of the molecule is CCOC(=O)c1cc(N)cnc1-n1cc(Cl)cn1. The van der Waals surface area contributed by atoms with E-state index in [1.54, 1.807) is 13.1 Å². The van der Waals surface area contributed by atoms with E-state index in [1.165, 1.54) is 23.1 Å². The number of aromatic nitrogens is 3. The summed E-state index contributed by atoms with van der Waals surface area (Å²) in [6.45, 7) is 2.00. The number of rotatable bonds is 3. The average Bonchev–Trinajstić information content (AvgIpc) is 2.76. The molecule has 7 heteroatoms. The van der Waals surface area contributed by atoms with Gasteiger partial charge in [0.1, 0.15) is 5.56 Å². The van der Waals surface area contributed by atoms with Gasteiger partial charge in [-0.05, 0) is 13.0 Å². The number of nitrogens with two attached hydrogens (primary N) is 1. The summed E-state index contributed by atoms with van der Waals surface area (Å²) < 4.78 is 6.34. The van der Waals surface area contributed by atoms with Crippen molar-refractivity contribution in [2.24, 2.45) is 0 Å². The minimum atomic E-state index is -0.501. The predicted octanol–water partition coefficient (Wildman–Crippen LogP) is 1.68. The monoisotopic (exact) mass is 266 g/mol. The van der Waals surface area contributed by atoms with Crippen molar-refractivity contribution in [3.8, 4) is 5.82 Å². The van der Waals surface area contributed by atoms with Crippen LogP contribution in [0, 0.1) is 0 Å². The summed E-state index contributed by atoms with van der Waals surface area (Å²) in [5, 5.41) is 4.44. The van der Waals surface area contributed by atoms with Crippen LogP contribution in [0.5, 0.6) is 0 Å². The molecule has 2 heterocycles. The molecule has 94 valence electrons. The van der Waals surface area contributed by atoms with Gasteiger partial charge in [0.05, 0.1) is 35.9 Å². The van der Waals surface area contributed by atoms with Gasteiger partial charge in [-0.3, -0.25) is 0 Å². The molecule has 0 spiro atoms. The van der Waals surface area contributed by atoms with Crippen molar-refractivity contribution < 1.29 is 9.53 Å². The van der Waals surface area contributed by atoms with Crippen LogP contribution in [0.2, 0.25) is 5.02 Å². The first kappa shape index (κ1) is 12.4. The van der Waals surface area contributed by atoms with Crippen molar-refractivity contribution in [2.75, 3.05) is 12.3 Å². The van der Waals surface area contributed by atoms with E-state index in [4.69, 9.17) is 22.1 Å². The zero-order valence-electron chi connectivity index (χ0n) is 9.63. The van der Waals surface area contributed by atoms with Gasteiger partial charge in [-0.15, -0.1) is 0 Å². The van der Waals surface area contributed by atoms with E-state index in [-0.39, 0.29) is 12.2 Å². The predicted molar refractivity (Wildman–Crippen MR) is 66.7 cm³/mol. The number of halogens is 1. The third kappa shape index (κ3) is 2.43. The molecule has 0 fully saturated rings. The number of pyridine rings is 1. The fraction of sp³-hybridized carbons (Fsp3) is 0.182. The third-order valence-corrected chi connectivity index (χ3v) is 2.35. The van der Waals surface area contributed by atoms with E-state index in [0.29, 0.717) is 16.5 Å². The molecule has 0 aliphatic rings. The number of anilines is 1. The van der Waals surface area contributed by atoms with E-state index < -0.39 is 5.97 Å². The second-order valence-corrected chi connectivity index (χ2v) is 3.90. The summed E-state index contributed by atoms with van der Waals surface area (Å²) in [7, 11) is 0. The van der Waals surface area contributed by atoms with Gasteiger partial charge in [0.15, 0.2) is 5.82 Å². The molecular weight excluding hydrogens is 256 g/mol. The third-order valence-electron chi connectivity index (χ3n) is 2.15. The minimum Gasteiger partial charge on any atom is -0.462 e. The van der Waals surface area contributed by atoms with Gasteiger partial charge >= 0.3 is 5.97 Å². The van der Waals surface area contributed by atoms with E-state index in [1.807, 2.05) is 0 Å². The van der Waals surface area contributed by atoms with Crippen LogP contribution in [0.25, 0.3) is 5.82 Å². The number of carbonyl (C=O) groups excluding carboxylic acids is 1. The molecule has 0 aromatic carbocycles. The lowest BCUT2D eigenvalue weighted by Gasteiger charge is -2.08. The molecule has 0 saturated heterocycles. The van der Waals surface area contributed by atoms with Crippen LogP contribution in [0.3, 0.4) is 0 Å². The van der Waals surface area contributed by atoms with Crippen molar-refractivity contribution in [3.63, 3.8) is 0 Å². The van der Waals surface area contributed by atoms with Crippen molar-refractivity contribution in [2.45, 2.75) is 6.92 Å². The molecule has 0 aliphatic heterocycles. The first-order valence-corrected chi connectivity index (χ1v) is 5.62. The number of nitrogen functional groups attached to an aromatic ring is 1. The van der Waals surface area contributed by atoms with Crippen molar-refractivity contribution in [1.82, 2.24) is 14.8 Å². The van der Waals surface area contributed by atoms with E-state index >= 15 is 0 Å². The van der Waals surface area contributed by atoms with Crippen LogP contribution < -0.4 is 5.73 Å². The number of hydrogen-bond donors (Lipinski definition) is 1. The highest BCUT2D eigenvalue weighted by atomic mass is 35.5. The minimum absolute atomic E-state index is 0.247. The molecule has 2 rings (SSSR count). The second-order valence-electron chi connectivity index (χ2n) is 3.46. The molecular formula is C11H11ClN4O2. The van der Waals surface area contributed by atoms with Crippen LogP contribution in [-0.2, 0) is 4.74 Å². The lowest BCUT2D eigenvalue weighted by molar-refractivity contribution is 0.0526. The summed E-state index contributed by atoms with van der Waals surface area (Å²) in [5.41, 5.74) is 6.24. The van der Waals surface area contributed by atoms with Crippen molar-refractivity contribution >= 4 is 23.3 Å². The number of carbonyl (C=O) groups is 1. The highest BCUT2D eigenvalue weighted by Crippen LogP contribution is 2.17. The molecule has 18 heavy (non-hydrogen) atoms. The second kappa shape index (κ2) is 5.05. The summed E-state index contributed by atoms with van der Waals surface area (Å²) in [6.07, 6.45) is 4.44. The van der Waals surface area contributed by atoms with Gasteiger partial charge in [-0.2, -0.15) is 5.10 Å². The van der Waals surface area contributed by atoms with Crippen LogP contribution in [-0.4, -0.2) is 27.3 Å². The first-order valence-electron chi connectivity index (χ1n) is 5.25. The summed E-state index contributed by atoms with van der Waals surface area (Å²) >= 11 is 5.78. The quantitative estimate of drug-likeness (QED) is 0.855. The van der Waals surface area contributed by atoms with Gasteiger partial charge in [-0.25, -0.2) is 14.5 Å². The Balaban J connectivity index is 2.50. The molecule has 0 atom stereocenters. The Morgan fingerprint density at radius 1 is 1.56 bits per heavy atom. The van der Waals surface area contributed by atoms with Crippen LogP contribution in [0.15, 0.2) is 24.7 Å². The standard InChI is InChI=1S/C11H11ClN4O2/c1-2-18-11(17)9-3-8(13)5-14-10(9)16-6-7(12)4-15-16/h3-6H,2,13H2,1H3. The maximum absolute atomic E-state index is 11.8. The molecule has 0 radical (unpaired) electrons. The number of hydrogen-bond acceptors (Lipinski definition) is 5. The molecule has 6 nitrogen and oxygen atoms in total. The van der Waals surface area contributed by atoms with E-state index in [2.05, 4.69) is 10.1 Å². The summed E-state index contributed by atoms with van der Waals surface area (Å²) in [4.78, 5) is 15.9. The summed E-state index contributed by atoms with van der Waals surface area (Å²) in [5.74, 6) is -0.173. The highest BCUT2D eigenvalue weighted by Gasteiger charge is 2.16. The fourth-order valence-electron chi connectivity index (χ4n) is 1.43. The molecule has 0 aliphatic carbocycles. The Bertz CT molecular complexity index is 582. The maximum atomic E-state index is 11.8. The molecule has 0 amide bonds. The van der Waals surface area contributed by atoms with Crippen LogP contribution >= 0.6 is 11.6 Å². The number of esters is 1. The number of ether oxygens (including phenoxy) is 1. The molecule has 0 saturated carbocycles. The number of nitrogens with zero attached hydrogens (tertiary/aromatic N) is 3. The topological polar surface area (TPSA) is 83.0 Å². The fourth-order valence-corrected chi connectivity index (χ4v) is 1.57. The molecule has 0 bridgehead atoms. The lowest BCUT2D eigenvalue weighted by atomic mass is 10.2.